The van der Waals surface area contributed by atoms with Gasteiger partial charge in [-0.25, -0.2) is 4.21 Å². The van der Waals surface area contributed by atoms with Gasteiger partial charge in [-0.15, -0.1) is 0 Å². The van der Waals surface area contributed by atoms with E-state index in [2.05, 4.69) is 19.0 Å². The summed E-state index contributed by atoms with van der Waals surface area (Å²) in [7, 11) is 0.0630. The Kier molecular flexibility index (Phi) is 5.51. The molecule has 0 aliphatic heterocycles. The minimum atomic E-state index is -4.74. The molecule has 1 aromatic heterocycles. The Labute approximate surface area is 164 Å². The summed E-state index contributed by atoms with van der Waals surface area (Å²) in [5.41, 5.74) is 0.492. The van der Waals surface area contributed by atoms with Crippen molar-refractivity contribution < 1.29 is 31.4 Å². The molecule has 1 heterocycles. The maximum atomic E-state index is 13.1. The lowest BCUT2D eigenvalue weighted by Crippen LogP contribution is -2.04. The van der Waals surface area contributed by atoms with Crippen LogP contribution < -0.4 is 9.47 Å². The molecule has 1 atom stereocenters. The Morgan fingerprint density at radius 2 is 1.76 bits per heavy atom. The minimum absolute atomic E-state index is 0.198. The molecule has 0 N–H and O–H groups in total. The largest absolute Gasteiger partial charge is 0.497 e. The van der Waals surface area contributed by atoms with E-state index >= 15 is 0 Å². The Morgan fingerprint density at radius 3 is 2.31 bits per heavy atom. The highest BCUT2D eigenvalue weighted by molar-refractivity contribution is 7.93. The van der Waals surface area contributed by atoms with Crippen molar-refractivity contribution in [3.8, 4) is 22.9 Å². The van der Waals surface area contributed by atoms with E-state index < -0.39 is 21.8 Å². The lowest BCUT2D eigenvalue weighted by atomic mass is 10.2. The van der Waals surface area contributed by atoms with Gasteiger partial charge in [0.25, 0.3) is 0 Å². The number of rotatable bonds is 5. The SMILES string of the molecule is COc1ccc(S(C)(=O)=Nc2ccc(-c3noc(C(F)(F)F)n3)cc2OC)cc1. The first-order chi connectivity index (χ1) is 13.6. The molecule has 0 aliphatic carbocycles. The van der Waals surface area contributed by atoms with E-state index in [4.69, 9.17) is 9.47 Å². The van der Waals surface area contributed by atoms with Gasteiger partial charge >= 0.3 is 12.1 Å². The van der Waals surface area contributed by atoms with E-state index in [0.29, 0.717) is 10.6 Å². The second-order valence-corrected chi connectivity index (χ2v) is 8.14. The first-order valence-electron chi connectivity index (χ1n) is 8.09. The van der Waals surface area contributed by atoms with Crippen LogP contribution in [0, 0.1) is 0 Å². The molecule has 1 unspecified atom stereocenters. The van der Waals surface area contributed by atoms with Crippen molar-refractivity contribution in [2.45, 2.75) is 11.1 Å². The molecule has 154 valence electrons. The second kappa shape index (κ2) is 7.74. The molecule has 0 spiro atoms. The first kappa shape index (κ1) is 20.6. The maximum absolute atomic E-state index is 13.1. The molecule has 11 heteroatoms. The van der Waals surface area contributed by atoms with Crippen LogP contribution in [0.4, 0.5) is 18.9 Å². The lowest BCUT2D eigenvalue weighted by molar-refractivity contribution is -0.159. The third kappa shape index (κ3) is 4.50. The van der Waals surface area contributed by atoms with Crippen LogP contribution in [0.3, 0.4) is 0 Å². The number of aromatic nitrogens is 2. The molecule has 7 nitrogen and oxygen atoms in total. The molecule has 0 aliphatic rings. The molecular weight excluding hydrogens is 411 g/mol. The van der Waals surface area contributed by atoms with Gasteiger partial charge in [-0.05, 0) is 42.5 Å². The number of methoxy groups -OCH3 is 2. The maximum Gasteiger partial charge on any atom is 0.471 e. The van der Waals surface area contributed by atoms with E-state index in [0.717, 1.165) is 0 Å². The number of benzene rings is 2. The van der Waals surface area contributed by atoms with Crippen LogP contribution in [0.2, 0.25) is 0 Å². The van der Waals surface area contributed by atoms with E-state index in [1.807, 2.05) is 0 Å². The van der Waals surface area contributed by atoms with Crippen LogP contribution in [-0.4, -0.2) is 34.8 Å². The van der Waals surface area contributed by atoms with E-state index in [1.165, 1.54) is 38.7 Å². The van der Waals surface area contributed by atoms with Crippen molar-refractivity contribution in [2.24, 2.45) is 4.36 Å². The average Bonchev–Trinajstić information content (AvgIpc) is 3.19. The summed E-state index contributed by atoms with van der Waals surface area (Å²) in [6.07, 6.45) is -3.27. The van der Waals surface area contributed by atoms with Gasteiger partial charge in [-0.1, -0.05) is 5.16 Å². The normalized spacial score (nSPS) is 13.6. The van der Waals surface area contributed by atoms with Crippen molar-refractivity contribution in [3.63, 3.8) is 0 Å². The Bertz CT molecular complexity index is 1130. The summed E-state index contributed by atoms with van der Waals surface area (Å²) < 4.78 is 69.9. The van der Waals surface area contributed by atoms with E-state index in [1.54, 1.807) is 24.3 Å². The monoisotopic (exact) mass is 427 g/mol. The fraction of sp³-hybridized carbons (Fsp3) is 0.222. The van der Waals surface area contributed by atoms with Crippen molar-refractivity contribution in [2.75, 3.05) is 20.5 Å². The molecule has 0 radical (unpaired) electrons. The fourth-order valence-electron chi connectivity index (χ4n) is 2.42. The van der Waals surface area contributed by atoms with Crippen LogP contribution >= 0.6 is 0 Å². The zero-order valence-electron chi connectivity index (χ0n) is 15.6. The predicted molar refractivity (Wildman–Crippen MR) is 98.7 cm³/mol. The highest BCUT2D eigenvalue weighted by atomic mass is 32.2. The van der Waals surface area contributed by atoms with Gasteiger partial charge in [0.2, 0.25) is 5.82 Å². The van der Waals surface area contributed by atoms with Crippen molar-refractivity contribution in [1.82, 2.24) is 10.1 Å². The number of ether oxygens (including phenoxy) is 2. The number of alkyl halides is 3. The summed E-state index contributed by atoms with van der Waals surface area (Å²) in [6, 6.07) is 10.9. The quantitative estimate of drug-likeness (QED) is 0.593. The molecular formula is C18H16F3N3O4S. The molecule has 3 rings (SSSR count). The standard InChI is InChI=1S/C18H16F3N3O4S/c1-26-12-5-7-13(8-6-12)29(3,25)24-14-9-4-11(10-15(14)27-2)16-22-17(28-23-16)18(19,20)21/h4-10H,1-3H3. The topological polar surface area (TPSA) is 86.8 Å². The fourth-order valence-corrected chi connectivity index (χ4v) is 3.69. The van der Waals surface area contributed by atoms with Gasteiger partial charge in [-0.3, -0.25) is 0 Å². The summed E-state index contributed by atoms with van der Waals surface area (Å²) in [6.45, 7) is 0. The average molecular weight is 427 g/mol. The zero-order chi connectivity index (χ0) is 21.2. The third-order valence-corrected chi connectivity index (χ3v) is 5.57. The van der Waals surface area contributed by atoms with Gasteiger partial charge in [-0.2, -0.15) is 22.5 Å². The van der Waals surface area contributed by atoms with Gasteiger partial charge in [0, 0.05) is 16.7 Å². The zero-order valence-corrected chi connectivity index (χ0v) is 16.4. The van der Waals surface area contributed by atoms with Gasteiger partial charge < -0.3 is 14.0 Å². The van der Waals surface area contributed by atoms with Crippen LogP contribution in [0.1, 0.15) is 5.89 Å². The molecule has 2 aromatic carbocycles. The van der Waals surface area contributed by atoms with Crippen molar-refractivity contribution >= 4 is 15.4 Å². The first-order valence-corrected chi connectivity index (χ1v) is 10.0. The highest BCUT2D eigenvalue weighted by Crippen LogP contribution is 2.35. The van der Waals surface area contributed by atoms with E-state index in [-0.39, 0.29) is 22.8 Å². The highest BCUT2D eigenvalue weighted by Gasteiger charge is 2.38. The molecule has 0 saturated heterocycles. The van der Waals surface area contributed by atoms with Crippen LogP contribution in [0.25, 0.3) is 11.4 Å². The lowest BCUT2D eigenvalue weighted by Gasteiger charge is -2.09. The molecule has 0 fully saturated rings. The van der Waals surface area contributed by atoms with Crippen LogP contribution in [-0.2, 0) is 15.9 Å². The number of hydrogen-bond acceptors (Lipinski definition) is 7. The third-order valence-electron chi connectivity index (χ3n) is 3.88. The summed E-state index contributed by atoms with van der Waals surface area (Å²) >= 11 is 0. The molecule has 0 bridgehead atoms. The molecule has 0 amide bonds. The van der Waals surface area contributed by atoms with Crippen molar-refractivity contribution in [1.29, 1.82) is 0 Å². The summed E-state index contributed by atoms with van der Waals surface area (Å²) in [5, 5.41) is 3.34. The van der Waals surface area contributed by atoms with Crippen LogP contribution in [0.15, 0.2) is 56.2 Å². The van der Waals surface area contributed by atoms with Crippen LogP contribution in [0.5, 0.6) is 11.5 Å². The van der Waals surface area contributed by atoms with Gasteiger partial charge in [0.1, 0.15) is 17.2 Å². The summed E-state index contributed by atoms with van der Waals surface area (Å²) in [4.78, 5) is 3.82. The number of nitrogens with zero attached hydrogens (tertiary/aromatic N) is 3. The Balaban J connectivity index is 1.99. The summed E-state index contributed by atoms with van der Waals surface area (Å²) in [5.74, 6) is -0.890. The minimum Gasteiger partial charge on any atom is -0.497 e. The van der Waals surface area contributed by atoms with E-state index in [9.17, 15) is 17.4 Å². The van der Waals surface area contributed by atoms with Gasteiger partial charge in [0.05, 0.1) is 23.9 Å². The Morgan fingerprint density at radius 1 is 1.07 bits per heavy atom. The molecule has 3 aromatic rings. The Hall–Kier alpha value is -3.08. The molecule has 29 heavy (non-hydrogen) atoms. The smallest absolute Gasteiger partial charge is 0.471 e. The number of halogens is 3. The molecule has 0 saturated carbocycles. The van der Waals surface area contributed by atoms with Gasteiger partial charge in [0.15, 0.2) is 0 Å². The second-order valence-electron chi connectivity index (χ2n) is 5.88. The van der Waals surface area contributed by atoms with Crippen molar-refractivity contribution in [3.05, 3.63) is 48.4 Å². The number of hydrogen-bond donors (Lipinski definition) is 0. The predicted octanol–water partition coefficient (Wildman–Crippen LogP) is 4.56.